The number of hydrogen-bond donors (Lipinski definition) is 1. The van der Waals surface area contributed by atoms with E-state index in [-0.39, 0.29) is 5.41 Å². The zero-order chi connectivity index (χ0) is 10.3. The molecule has 0 saturated heterocycles. The predicted molar refractivity (Wildman–Crippen MR) is 61.7 cm³/mol. The lowest BCUT2D eigenvalue weighted by atomic mass is 9.92. The number of hydrogen-bond acceptors (Lipinski definition) is 2. The van der Waals surface area contributed by atoms with Crippen LogP contribution < -0.4 is 5.32 Å². The molecule has 0 unspecified atom stereocenters. The summed E-state index contributed by atoms with van der Waals surface area (Å²) in [6.45, 7) is 8.63. The lowest BCUT2D eigenvalue weighted by Crippen LogP contribution is -2.18. The van der Waals surface area contributed by atoms with Gasteiger partial charge < -0.3 is 5.32 Å². The number of rotatable bonds is 0. The summed E-state index contributed by atoms with van der Waals surface area (Å²) in [6.07, 6.45) is 1.16. The Hall–Kier alpha value is -0.510. The molecule has 0 fully saturated rings. The maximum absolute atomic E-state index is 4.63. The molecule has 1 aliphatic rings. The molecule has 0 amide bonds. The van der Waals surface area contributed by atoms with Crippen molar-refractivity contribution in [3.8, 4) is 0 Å². The molecule has 0 aromatic carbocycles. The van der Waals surface area contributed by atoms with E-state index in [1.54, 1.807) is 0 Å². The van der Waals surface area contributed by atoms with E-state index in [1.807, 2.05) is 0 Å². The van der Waals surface area contributed by atoms with Crippen LogP contribution in [0.4, 0.5) is 5.82 Å². The van der Waals surface area contributed by atoms with Crippen LogP contribution in [0.3, 0.4) is 0 Å². The van der Waals surface area contributed by atoms with Gasteiger partial charge >= 0.3 is 0 Å². The summed E-state index contributed by atoms with van der Waals surface area (Å²) in [5.41, 5.74) is 1.24. The Morgan fingerprint density at radius 3 is 2.71 bits per heavy atom. The average molecular weight is 258 g/mol. The van der Waals surface area contributed by atoms with Gasteiger partial charge in [0.2, 0.25) is 0 Å². The molecule has 2 heterocycles. The van der Waals surface area contributed by atoms with Crippen LogP contribution in [0.5, 0.6) is 0 Å². The predicted octanol–water partition coefficient (Wildman–Crippen LogP) is 2.76. The Morgan fingerprint density at radius 1 is 1.43 bits per heavy atom. The number of anilines is 1. The number of halogens is 1. The van der Waals surface area contributed by atoms with Crippen molar-refractivity contribution in [1.82, 2.24) is 9.78 Å². The highest BCUT2D eigenvalue weighted by molar-refractivity contribution is 9.10. The summed E-state index contributed by atoms with van der Waals surface area (Å²) in [5, 5.41) is 8.01. The zero-order valence-corrected chi connectivity index (χ0v) is 10.5. The highest BCUT2D eigenvalue weighted by Gasteiger charge is 2.26. The Kier molecular flexibility index (Phi) is 2.33. The number of aryl methyl sites for hydroxylation is 1. The van der Waals surface area contributed by atoms with Gasteiger partial charge in [-0.15, -0.1) is 0 Å². The van der Waals surface area contributed by atoms with Crippen molar-refractivity contribution in [2.75, 3.05) is 11.9 Å². The number of fused-ring (bicyclic) bond motifs is 1. The van der Waals surface area contributed by atoms with Crippen molar-refractivity contribution in [1.29, 1.82) is 0 Å². The molecule has 0 saturated carbocycles. The van der Waals surface area contributed by atoms with Crippen molar-refractivity contribution in [2.45, 2.75) is 39.2 Å². The fourth-order valence-electron chi connectivity index (χ4n) is 1.69. The van der Waals surface area contributed by atoms with Crippen LogP contribution in [-0.2, 0) is 12.0 Å². The average Bonchev–Trinajstić information content (AvgIpc) is 2.44. The molecule has 1 aliphatic heterocycles. The molecule has 0 radical (unpaired) electrons. The first-order valence-electron chi connectivity index (χ1n) is 5.01. The molecule has 78 valence electrons. The summed E-state index contributed by atoms with van der Waals surface area (Å²) < 4.78 is 3.19. The Morgan fingerprint density at radius 2 is 2.14 bits per heavy atom. The molecule has 0 bridgehead atoms. The van der Waals surface area contributed by atoms with E-state index >= 15 is 0 Å². The summed E-state index contributed by atoms with van der Waals surface area (Å²) >= 11 is 3.63. The summed E-state index contributed by atoms with van der Waals surface area (Å²) in [5.74, 6) is 1.14. The maximum Gasteiger partial charge on any atom is 0.139 e. The number of nitrogens with one attached hydrogen (secondary N) is 1. The molecule has 2 rings (SSSR count). The fraction of sp³-hybridized carbons (Fsp3) is 0.700. The quantitative estimate of drug-likeness (QED) is 0.775. The van der Waals surface area contributed by atoms with Crippen molar-refractivity contribution in [3.05, 3.63) is 10.2 Å². The first-order chi connectivity index (χ1) is 6.50. The van der Waals surface area contributed by atoms with Crippen molar-refractivity contribution >= 4 is 21.7 Å². The van der Waals surface area contributed by atoms with Crippen LogP contribution in [0.15, 0.2) is 4.47 Å². The highest BCUT2D eigenvalue weighted by Crippen LogP contribution is 2.35. The highest BCUT2D eigenvalue weighted by atomic mass is 79.9. The Labute approximate surface area is 93.0 Å². The minimum Gasteiger partial charge on any atom is -0.369 e. The SMILES string of the molecule is CC(C)(C)c1nn2c(c1Br)NCCC2. The largest absolute Gasteiger partial charge is 0.369 e. The molecule has 0 aliphatic carbocycles. The third-order valence-electron chi connectivity index (χ3n) is 2.44. The number of aromatic nitrogens is 2. The van der Waals surface area contributed by atoms with Crippen LogP contribution in [0.2, 0.25) is 0 Å². The van der Waals surface area contributed by atoms with E-state index in [4.69, 9.17) is 0 Å². The second-order valence-electron chi connectivity index (χ2n) is 4.76. The van der Waals surface area contributed by atoms with Crippen LogP contribution >= 0.6 is 15.9 Å². The third kappa shape index (κ3) is 1.56. The second kappa shape index (κ2) is 3.26. The minimum absolute atomic E-state index is 0.102. The third-order valence-corrected chi connectivity index (χ3v) is 3.20. The van der Waals surface area contributed by atoms with E-state index in [9.17, 15) is 0 Å². The van der Waals surface area contributed by atoms with Gasteiger partial charge in [0.05, 0.1) is 10.2 Å². The molecular formula is C10H16BrN3. The van der Waals surface area contributed by atoms with E-state index in [0.29, 0.717) is 0 Å². The molecule has 14 heavy (non-hydrogen) atoms. The van der Waals surface area contributed by atoms with Crippen molar-refractivity contribution in [2.24, 2.45) is 0 Å². The van der Waals surface area contributed by atoms with Crippen LogP contribution in [0, 0.1) is 0 Å². The van der Waals surface area contributed by atoms with Gasteiger partial charge in [0.25, 0.3) is 0 Å². The van der Waals surface area contributed by atoms with E-state index in [2.05, 4.69) is 51.8 Å². The van der Waals surface area contributed by atoms with Crippen LogP contribution in [0.25, 0.3) is 0 Å². The minimum atomic E-state index is 0.102. The molecule has 0 atom stereocenters. The van der Waals surface area contributed by atoms with Gasteiger partial charge in [0, 0.05) is 18.5 Å². The van der Waals surface area contributed by atoms with Gasteiger partial charge in [0.1, 0.15) is 5.82 Å². The van der Waals surface area contributed by atoms with Crippen LogP contribution in [-0.4, -0.2) is 16.3 Å². The first kappa shape index (κ1) is 10.0. The van der Waals surface area contributed by atoms with E-state index < -0.39 is 0 Å². The maximum atomic E-state index is 4.63. The molecular weight excluding hydrogens is 242 g/mol. The van der Waals surface area contributed by atoms with Crippen molar-refractivity contribution < 1.29 is 0 Å². The lowest BCUT2D eigenvalue weighted by Gasteiger charge is -2.15. The van der Waals surface area contributed by atoms with Gasteiger partial charge in [-0.05, 0) is 22.4 Å². The normalized spacial score (nSPS) is 16.3. The fourth-order valence-corrected chi connectivity index (χ4v) is 2.70. The lowest BCUT2D eigenvalue weighted by molar-refractivity contribution is 0.517. The molecule has 1 aromatic heterocycles. The van der Waals surface area contributed by atoms with Gasteiger partial charge in [-0.25, -0.2) is 4.68 Å². The monoisotopic (exact) mass is 257 g/mol. The second-order valence-corrected chi connectivity index (χ2v) is 5.56. The Bertz CT molecular complexity index is 349. The van der Waals surface area contributed by atoms with Gasteiger partial charge in [0.15, 0.2) is 0 Å². The van der Waals surface area contributed by atoms with Crippen molar-refractivity contribution in [3.63, 3.8) is 0 Å². The smallest absolute Gasteiger partial charge is 0.139 e. The molecule has 4 heteroatoms. The summed E-state index contributed by atoms with van der Waals surface area (Å²) in [7, 11) is 0. The molecule has 1 N–H and O–H groups in total. The Balaban J connectivity index is 2.49. The summed E-state index contributed by atoms with van der Waals surface area (Å²) in [6, 6.07) is 0. The summed E-state index contributed by atoms with van der Waals surface area (Å²) in [4.78, 5) is 0. The standard InChI is InChI=1S/C10H16BrN3/c1-10(2,3)8-7(11)9-12-5-4-6-14(9)13-8/h12H,4-6H2,1-3H3. The van der Waals surface area contributed by atoms with Gasteiger partial charge in [-0.1, -0.05) is 20.8 Å². The number of nitrogens with zero attached hydrogens (tertiary/aromatic N) is 2. The van der Waals surface area contributed by atoms with E-state index in [1.165, 1.54) is 0 Å². The molecule has 3 nitrogen and oxygen atoms in total. The molecule has 1 aromatic rings. The van der Waals surface area contributed by atoms with Gasteiger partial charge in [-0.3, -0.25) is 0 Å². The molecule has 0 spiro atoms. The van der Waals surface area contributed by atoms with Crippen LogP contribution in [0.1, 0.15) is 32.9 Å². The topological polar surface area (TPSA) is 29.9 Å². The van der Waals surface area contributed by atoms with Gasteiger partial charge in [-0.2, -0.15) is 5.10 Å². The zero-order valence-electron chi connectivity index (χ0n) is 8.89. The van der Waals surface area contributed by atoms with E-state index in [0.717, 1.165) is 35.5 Å². The first-order valence-corrected chi connectivity index (χ1v) is 5.80.